The maximum absolute atomic E-state index is 11.5. The van der Waals surface area contributed by atoms with Crippen molar-refractivity contribution < 1.29 is 14.7 Å². The Bertz CT molecular complexity index is 241. The highest BCUT2D eigenvalue weighted by molar-refractivity contribution is 5.82. The number of aliphatic carboxylic acids is 1. The van der Waals surface area contributed by atoms with Crippen LogP contribution in [-0.2, 0) is 4.79 Å². The van der Waals surface area contributed by atoms with Gasteiger partial charge in [0.1, 0.15) is 6.04 Å². The molecule has 0 saturated heterocycles. The molecule has 1 unspecified atom stereocenters. The topological polar surface area (TPSA) is 78.4 Å². The fourth-order valence-corrected chi connectivity index (χ4v) is 1.12. The molecule has 0 aromatic carbocycles. The molecular weight excluding hydrogens is 208 g/mol. The van der Waals surface area contributed by atoms with Gasteiger partial charge in [-0.3, -0.25) is 0 Å². The molecule has 94 valence electrons. The monoisotopic (exact) mass is 230 g/mol. The zero-order chi connectivity index (χ0) is 12.7. The largest absolute Gasteiger partial charge is 0.480 e. The van der Waals surface area contributed by atoms with Gasteiger partial charge in [-0.1, -0.05) is 27.2 Å². The van der Waals surface area contributed by atoms with E-state index in [1.165, 1.54) is 0 Å². The molecule has 0 bridgehead atoms. The van der Waals surface area contributed by atoms with Gasteiger partial charge in [0.25, 0.3) is 0 Å². The number of carboxylic acid groups (broad SMARTS) is 1. The third-order valence-electron chi connectivity index (χ3n) is 2.54. The summed E-state index contributed by atoms with van der Waals surface area (Å²) in [5.41, 5.74) is 0. The number of carboxylic acids is 1. The summed E-state index contributed by atoms with van der Waals surface area (Å²) in [6, 6.07) is -1.19. The lowest BCUT2D eigenvalue weighted by Gasteiger charge is -2.20. The molecule has 0 aromatic heterocycles. The van der Waals surface area contributed by atoms with Gasteiger partial charge in [0.05, 0.1) is 0 Å². The molecule has 0 spiro atoms. The number of nitrogens with one attached hydrogen (secondary N) is 2. The first kappa shape index (κ1) is 14.7. The Kier molecular flexibility index (Phi) is 6.53. The molecule has 0 radical (unpaired) electrons. The van der Waals surface area contributed by atoms with Crippen molar-refractivity contribution in [1.29, 1.82) is 0 Å². The Balaban J connectivity index is 4.14. The van der Waals surface area contributed by atoms with Gasteiger partial charge in [-0.05, 0) is 19.3 Å². The minimum Gasteiger partial charge on any atom is -0.480 e. The summed E-state index contributed by atoms with van der Waals surface area (Å²) in [6.45, 7) is 7.75. The van der Waals surface area contributed by atoms with Gasteiger partial charge in [0.2, 0.25) is 0 Å². The lowest BCUT2D eigenvalue weighted by atomic mass is 10.1. The summed E-state index contributed by atoms with van der Waals surface area (Å²) >= 11 is 0. The zero-order valence-corrected chi connectivity index (χ0v) is 10.4. The number of rotatable bonds is 6. The van der Waals surface area contributed by atoms with Crippen molar-refractivity contribution in [2.24, 2.45) is 5.92 Å². The van der Waals surface area contributed by atoms with E-state index in [-0.39, 0.29) is 6.04 Å². The number of amides is 2. The number of hydrogen-bond acceptors (Lipinski definition) is 2. The summed E-state index contributed by atoms with van der Waals surface area (Å²) in [7, 11) is 0. The van der Waals surface area contributed by atoms with Gasteiger partial charge >= 0.3 is 12.0 Å². The number of urea groups is 1. The Morgan fingerprint density at radius 1 is 1.19 bits per heavy atom. The van der Waals surface area contributed by atoms with E-state index in [2.05, 4.69) is 10.6 Å². The van der Waals surface area contributed by atoms with Gasteiger partial charge in [0, 0.05) is 6.04 Å². The maximum Gasteiger partial charge on any atom is 0.326 e. The van der Waals surface area contributed by atoms with Crippen LogP contribution in [0, 0.1) is 5.92 Å². The van der Waals surface area contributed by atoms with Gasteiger partial charge in [-0.15, -0.1) is 0 Å². The third kappa shape index (κ3) is 5.58. The molecule has 2 amide bonds. The van der Waals surface area contributed by atoms with Crippen LogP contribution in [0.15, 0.2) is 0 Å². The number of carbonyl (C=O) groups is 2. The van der Waals surface area contributed by atoms with Crippen LogP contribution in [0.1, 0.15) is 40.5 Å². The van der Waals surface area contributed by atoms with E-state index in [4.69, 9.17) is 5.11 Å². The molecule has 0 aromatic rings. The first-order valence-electron chi connectivity index (χ1n) is 5.68. The van der Waals surface area contributed by atoms with E-state index in [0.29, 0.717) is 12.3 Å². The smallest absolute Gasteiger partial charge is 0.326 e. The molecule has 3 N–H and O–H groups in total. The fourth-order valence-electron chi connectivity index (χ4n) is 1.12. The van der Waals surface area contributed by atoms with E-state index in [9.17, 15) is 9.59 Å². The Morgan fingerprint density at radius 2 is 1.75 bits per heavy atom. The fraction of sp³-hybridized carbons (Fsp3) is 0.818. The number of hydrogen-bond donors (Lipinski definition) is 3. The molecule has 16 heavy (non-hydrogen) atoms. The standard InChI is InChI=1S/C11H22N2O3/c1-5-6-9(10(14)15)13-11(16)12-8(4)7(2)3/h7-9H,5-6H2,1-4H3,(H,14,15)(H2,12,13,16)/t8?,9-/m0/s1. The van der Waals surface area contributed by atoms with Gasteiger partial charge in [-0.25, -0.2) is 9.59 Å². The van der Waals surface area contributed by atoms with Crippen LogP contribution >= 0.6 is 0 Å². The Labute approximate surface area is 96.6 Å². The molecule has 0 aliphatic heterocycles. The van der Waals surface area contributed by atoms with Gasteiger partial charge in [0.15, 0.2) is 0 Å². The molecule has 0 fully saturated rings. The van der Waals surface area contributed by atoms with Gasteiger partial charge < -0.3 is 15.7 Å². The molecule has 0 saturated carbocycles. The minimum absolute atomic E-state index is 0.0241. The quantitative estimate of drug-likeness (QED) is 0.648. The highest BCUT2D eigenvalue weighted by atomic mass is 16.4. The predicted octanol–water partition coefficient (Wildman–Crippen LogP) is 1.58. The average Bonchev–Trinajstić information content (AvgIpc) is 2.16. The molecule has 2 atom stereocenters. The van der Waals surface area contributed by atoms with Crippen LogP contribution in [0.2, 0.25) is 0 Å². The Hall–Kier alpha value is -1.26. The molecule has 0 heterocycles. The van der Waals surface area contributed by atoms with Crippen LogP contribution in [0.4, 0.5) is 4.79 Å². The van der Waals surface area contributed by atoms with Crippen molar-refractivity contribution in [2.75, 3.05) is 0 Å². The molecule has 5 nitrogen and oxygen atoms in total. The van der Waals surface area contributed by atoms with E-state index >= 15 is 0 Å². The van der Waals surface area contributed by atoms with Crippen molar-refractivity contribution in [3.8, 4) is 0 Å². The third-order valence-corrected chi connectivity index (χ3v) is 2.54. The summed E-state index contributed by atoms with van der Waals surface area (Å²) in [5.74, 6) is -0.672. The maximum atomic E-state index is 11.5. The lowest BCUT2D eigenvalue weighted by molar-refractivity contribution is -0.139. The number of carbonyl (C=O) groups excluding carboxylic acids is 1. The van der Waals surface area contributed by atoms with Crippen molar-refractivity contribution >= 4 is 12.0 Å². The first-order valence-corrected chi connectivity index (χ1v) is 5.68. The van der Waals surface area contributed by atoms with Gasteiger partial charge in [-0.2, -0.15) is 0 Å². The SMILES string of the molecule is CCC[C@H](NC(=O)NC(C)C(C)C)C(=O)O. The molecule has 5 heteroatoms. The van der Waals surface area contributed by atoms with E-state index < -0.39 is 18.0 Å². The van der Waals surface area contributed by atoms with E-state index in [0.717, 1.165) is 6.42 Å². The van der Waals surface area contributed by atoms with Crippen molar-refractivity contribution in [2.45, 2.75) is 52.6 Å². The highest BCUT2D eigenvalue weighted by Gasteiger charge is 2.19. The molecule has 0 aliphatic rings. The van der Waals surface area contributed by atoms with Crippen LogP contribution in [0.25, 0.3) is 0 Å². The van der Waals surface area contributed by atoms with Crippen LogP contribution in [0.3, 0.4) is 0 Å². The summed E-state index contributed by atoms with van der Waals surface area (Å²) < 4.78 is 0. The lowest BCUT2D eigenvalue weighted by Crippen LogP contribution is -2.49. The van der Waals surface area contributed by atoms with E-state index in [1.54, 1.807) is 0 Å². The minimum atomic E-state index is -0.991. The summed E-state index contributed by atoms with van der Waals surface area (Å²) in [6.07, 6.45) is 1.16. The highest BCUT2D eigenvalue weighted by Crippen LogP contribution is 2.00. The second-order valence-corrected chi connectivity index (χ2v) is 4.33. The van der Waals surface area contributed by atoms with Crippen LogP contribution in [-0.4, -0.2) is 29.2 Å². The zero-order valence-electron chi connectivity index (χ0n) is 10.4. The normalized spacial score (nSPS) is 14.3. The average molecular weight is 230 g/mol. The van der Waals surface area contributed by atoms with Crippen molar-refractivity contribution in [1.82, 2.24) is 10.6 Å². The second kappa shape index (κ2) is 7.09. The Morgan fingerprint density at radius 3 is 2.12 bits per heavy atom. The van der Waals surface area contributed by atoms with E-state index in [1.807, 2.05) is 27.7 Å². The van der Waals surface area contributed by atoms with Crippen molar-refractivity contribution in [3.63, 3.8) is 0 Å². The van der Waals surface area contributed by atoms with Crippen molar-refractivity contribution in [3.05, 3.63) is 0 Å². The molecule has 0 rings (SSSR count). The first-order chi connectivity index (χ1) is 7.38. The molecular formula is C11H22N2O3. The summed E-state index contributed by atoms with van der Waals surface area (Å²) in [4.78, 5) is 22.3. The second-order valence-electron chi connectivity index (χ2n) is 4.33. The summed E-state index contributed by atoms with van der Waals surface area (Å²) in [5, 5.41) is 14.0. The predicted molar refractivity (Wildman–Crippen MR) is 62.3 cm³/mol. The van der Waals surface area contributed by atoms with Crippen LogP contribution in [0.5, 0.6) is 0 Å². The molecule has 0 aliphatic carbocycles. The van der Waals surface area contributed by atoms with Crippen LogP contribution < -0.4 is 10.6 Å².